The van der Waals surface area contributed by atoms with Crippen molar-refractivity contribution in [1.82, 2.24) is 15.2 Å². The van der Waals surface area contributed by atoms with Gasteiger partial charge in [0.2, 0.25) is 0 Å². The normalized spacial score (nSPS) is 18.5. The number of hydrogen-bond acceptors (Lipinski definition) is 5. The number of hydrogen-bond donors (Lipinski definition) is 2. The van der Waals surface area contributed by atoms with Crippen LogP contribution in [0.2, 0.25) is 5.02 Å². The number of likely N-dealkylation sites (tertiary alicyclic amines) is 1. The van der Waals surface area contributed by atoms with Crippen LogP contribution in [-0.4, -0.2) is 40.1 Å². The van der Waals surface area contributed by atoms with E-state index < -0.39 is 0 Å². The van der Waals surface area contributed by atoms with Crippen LogP contribution in [-0.2, 0) is 4.79 Å². The van der Waals surface area contributed by atoms with Gasteiger partial charge in [0.25, 0.3) is 5.91 Å². The molecule has 0 unspecified atom stereocenters. The Hall–Kier alpha value is -3.36. The van der Waals surface area contributed by atoms with Gasteiger partial charge in [-0.25, -0.2) is 9.79 Å². The van der Waals surface area contributed by atoms with Gasteiger partial charge in [0, 0.05) is 30.4 Å². The lowest BCUT2D eigenvalue weighted by atomic mass is 10.1. The second-order valence-corrected chi connectivity index (χ2v) is 9.52. The topological polar surface area (TPSA) is 86.7 Å². The van der Waals surface area contributed by atoms with E-state index in [1.807, 2.05) is 41.3 Å². The van der Waals surface area contributed by atoms with Gasteiger partial charge in [0.05, 0.1) is 21.1 Å². The van der Waals surface area contributed by atoms with E-state index in [2.05, 4.69) is 20.6 Å². The van der Waals surface area contributed by atoms with Crippen LogP contribution in [0.15, 0.2) is 64.6 Å². The molecule has 2 fully saturated rings. The van der Waals surface area contributed by atoms with Gasteiger partial charge < -0.3 is 15.5 Å². The molecule has 0 atom stereocenters. The fraction of sp³-hybridized carbons (Fsp3) is 0.200. The minimum atomic E-state index is -0.222. The largest absolute Gasteiger partial charge is 0.325 e. The van der Waals surface area contributed by atoms with Gasteiger partial charge in [0.1, 0.15) is 0 Å². The van der Waals surface area contributed by atoms with Gasteiger partial charge in [-0.2, -0.15) is 0 Å². The van der Waals surface area contributed by atoms with Crippen molar-refractivity contribution in [1.29, 1.82) is 0 Å². The zero-order valence-corrected chi connectivity index (χ0v) is 19.8. The van der Waals surface area contributed by atoms with Gasteiger partial charge in [-0.3, -0.25) is 9.78 Å². The lowest BCUT2D eigenvalue weighted by Crippen LogP contribution is -2.38. The Morgan fingerprint density at radius 2 is 2.00 bits per heavy atom. The van der Waals surface area contributed by atoms with Crippen LogP contribution in [0, 0.1) is 0 Å². The Bertz CT molecular complexity index is 1330. The fourth-order valence-corrected chi connectivity index (χ4v) is 4.90. The van der Waals surface area contributed by atoms with Crippen molar-refractivity contribution in [2.75, 3.05) is 18.4 Å². The summed E-state index contributed by atoms with van der Waals surface area (Å²) < 4.78 is 0. The second-order valence-electron chi connectivity index (χ2n) is 8.08. The maximum absolute atomic E-state index is 12.5. The summed E-state index contributed by atoms with van der Waals surface area (Å²) in [5.41, 5.74) is 2.88. The summed E-state index contributed by atoms with van der Waals surface area (Å²) in [5, 5.41) is 7.57. The number of nitrogens with one attached hydrogen (secondary N) is 2. The Morgan fingerprint density at radius 3 is 2.85 bits per heavy atom. The number of urea groups is 1. The molecule has 2 aliphatic rings. The van der Waals surface area contributed by atoms with Crippen LogP contribution in [0.3, 0.4) is 0 Å². The van der Waals surface area contributed by atoms with Crippen molar-refractivity contribution in [3.05, 3.63) is 70.2 Å². The van der Waals surface area contributed by atoms with Crippen molar-refractivity contribution >= 4 is 68.8 Å². The quantitative estimate of drug-likeness (QED) is 0.453. The molecule has 34 heavy (non-hydrogen) atoms. The van der Waals surface area contributed by atoms with E-state index in [9.17, 15) is 9.59 Å². The van der Waals surface area contributed by atoms with Crippen LogP contribution in [0.1, 0.15) is 24.8 Å². The average molecular weight is 492 g/mol. The molecule has 3 heterocycles. The van der Waals surface area contributed by atoms with E-state index in [1.165, 1.54) is 11.8 Å². The molecule has 0 spiro atoms. The van der Waals surface area contributed by atoms with Crippen LogP contribution >= 0.6 is 23.4 Å². The van der Waals surface area contributed by atoms with Gasteiger partial charge in [-0.15, -0.1) is 0 Å². The number of amidine groups is 1. The third-order valence-electron chi connectivity index (χ3n) is 5.64. The molecule has 3 aromatic rings. The third-order valence-corrected chi connectivity index (χ3v) is 6.87. The minimum absolute atomic E-state index is 0.125. The molecule has 9 heteroatoms. The molecule has 0 saturated carbocycles. The summed E-state index contributed by atoms with van der Waals surface area (Å²) in [4.78, 5) is 36.3. The van der Waals surface area contributed by atoms with E-state index >= 15 is 0 Å². The first-order valence-electron chi connectivity index (χ1n) is 11.0. The standard InChI is InChI=1S/C25H22ClN5O2S/c26-19-8-7-18(28-25(33)31-11-2-1-3-12-31)15-21(19)29-24-30-23(32)22(34-24)14-16-6-9-20-17(13-16)5-4-10-27-20/h4-10,13-15H,1-3,11-12H2,(H,28,33)(H,29,30,32)/b22-14+. The number of rotatable bonds is 3. The molecule has 1 aromatic heterocycles. The zero-order chi connectivity index (χ0) is 23.5. The first kappa shape index (κ1) is 22.4. The SMILES string of the molecule is O=C1NC(=Nc2cc(NC(=O)N3CCCCC3)ccc2Cl)S/C1=C/c1ccc2ncccc2c1. The second kappa shape index (κ2) is 9.87. The monoisotopic (exact) mass is 491 g/mol. The van der Waals surface area contributed by atoms with Crippen molar-refractivity contribution in [2.24, 2.45) is 4.99 Å². The highest BCUT2D eigenvalue weighted by atomic mass is 35.5. The molecule has 2 saturated heterocycles. The number of thioether (sulfide) groups is 1. The number of halogens is 1. The van der Waals surface area contributed by atoms with Gasteiger partial charge in [-0.05, 0) is 79.1 Å². The molecule has 3 amide bonds. The Morgan fingerprint density at radius 1 is 1.15 bits per heavy atom. The summed E-state index contributed by atoms with van der Waals surface area (Å²) in [6.07, 6.45) is 6.78. The molecular formula is C25H22ClN5O2S. The highest BCUT2D eigenvalue weighted by molar-refractivity contribution is 8.18. The average Bonchev–Trinajstić information content (AvgIpc) is 3.20. The lowest BCUT2D eigenvalue weighted by Gasteiger charge is -2.26. The highest BCUT2D eigenvalue weighted by Gasteiger charge is 2.24. The molecule has 2 aromatic carbocycles. The molecular weight excluding hydrogens is 470 g/mol. The number of fused-ring (bicyclic) bond motifs is 1. The predicted molar refractivity (Wildman–Crippen MR) is 138 cm³/mol. The van der Waals surface area contributed by atoms with Crippen LogP contribution in [0.5, 0.6) is 0 Å². The number of pyridine rings is 1. The summed E-state index contributed by atoms with van der Waals surface area (Å²) in [6.45, 7) is 1.53. The number of anilines is 1. The van der Waals surface area contributed by atoms with Crippen LogP contribution < -0.4 is 10.6 Å². The number of nitrogens with zero attached hydrogens (tertiary/aromatic N) is 3. The lowest BCUT2D eigenvalue weighted by molar-refractivity contribution is -0.115. The van der Waals surface area contributed by atoms with Crippen molar-refractivity contribution in [3.63, 3.8) is 0 Å². The first-order valence-corrected chi connectivity index (χ1v) is 12.2. The zero-order valence-electron chi connectivity index (χ0n) is 18.3. The molecule has 0 bridgehead atoms. The Kier molecular flexibility index (Phi) is 6.51. The smallest absolute Gasteiger partial charge is 0.321 e. The fourth-order valence-electron chi connectivity index (χ4n) is 3.90. The number of aromatic nitrogens is 1. The minimum Gasteiger partial charge on any atom is -0.325 e. The molecule has 5 rings (SSSR count). The summed E-state index contributed by atoms with van der Waals surface area (Å²) in [7, 11) is 0. The number of benzene rings is 2. The van der Waals surface area contributed by atoms with E-state index in [0.29, 0.717) is 26.5 Å². The van der Waals surface area contributed by atoms with Gasteiger partial charge in [0.15, 0.2) is 5.17 Å². The summed E-state index contributed by atoms with van der Waals surface area (Å²) >= 11 is 7.59. The molecule has 172 valence electrons. The van der Waals surface area contributed by atoms with Crippen LogP contribution in [0.25, 0.3) is 17.0 Å². The maximum atomic E-state index is 12.5. The predicted octanol–water partition coefficient (Wildman–Crippen LogP) is 5.80. The van der Waals surface area contributed by atoms with Crippen molar-refractivity contribution in [2.45, 2.75) is 19.3 Å². The van der Waals surface area contributed by atoms with Crippen molar-refractivity contribution < 1.29 is 9.59 Å². The Labute approximate surface area is 206 Å². The highest BCUT2D eigenvalue weighted by Crippen LogP contribution is 2.33. The summed E-state index contributed by atoms with van der Waals surface area (Å²) in [6, 6.07) is 14.7. The van der Waals surface area contributed by atoms with Crippen LogP contribution in [0.4, 0.5) is 16.2 Å². The third kappa shape index (κ3) is 5.08. The van der Waals surface area contributed by atoms with E-state index in [0.717, 1.165) is 48.8 Å². The number of aliphatic imine (C=N–C) groups is 1. The van der Waals surface area contributed by atoms with E-state index in [-0.39, 0.29) is 11.9 Å². The van der Waals surface area contributed by atoms with Gasteiger partial charge in [-0.1, -0.05) is 23.7 Å². The van der Waals surface area contributed by atoms with E-state index in [4.69, 9.17) is 11.6 Å². The number of carbonyl (C=O) groups is 2. The van der Waals surface area contributed by atoms with Crippen molar-refractivity contribution in [3.8, 4) is 0 Å². The molecule has 2 aliphatic heterocycles. The number of piperidine rings is 1. The van der Waals surface area contributed by atoms with E-state index in [1.54, 1.807) is 24.4 Å². The molecule has 2 N–H and O–H groups in total. The van der Waals surface area contributed by atoms with Gasteiger partial charge >= 0.3 is 6.03 Å². The first-order chi connectivity index (χ1) is 16.5. The maximum Gasteiger partial charge on any atom is 0.321 e. The number of amides is 3. The number of carbonyl (C=O) groups excluding carboxylic acids is 2. The molecule has 7 nitrogen and oxygen atoms in total. The molecule has 0 aliphatic carbocycles. The summed E-state index contributed by atoms with van der Waals surface area (Å²) in [5.74, 6) is -0.222. The molecule has 0 radical (unpaired) electrons. The Balaban J connectivity index is 1.33.